The number of carbonyl (C=O) groups excluding carboxylic acids is 1. The standard InChI is InChI=1S/C21H21FN6O3/c1-13-16(14(2)31-26-13)9-19(29)23-7-8-28-20-17(10-25-28)21(30)27(12-24-20)11-15-5-3-4-6-18(15)22/h3-6,10,12H,7-9,11H2,1-2H3,(H,23,29). The Hall–Kier alpha value is -3.82. The number of aryl methyl sites for hydroxylation is 2. The van der Waals surface area contributed by atoms with Crippen LogP contribution in [0.2, 0.25) is 0 Å². The Kier molecular flexibility index (Phi) is 5.61. The summed E-state index contributed by atoms with van der Waals surface area (Å²) in [6.07, 6.45) is 3.00. The van der Waals surface area contributed by atoms with E-state index in [9.17, 15) is 14.0 Å². The van der Waals surface area contributed by atoms with Gasteiger partial charge in [0.15, 0.2) is 5.65 Å². The summed E-state index contributed by atoms with van der Waals surface area (Å²) in [6, 6.07) is 6.29. The van der Waals surface area contributed by atoms with E-state index in [0.29, 0.717) is 41.1 Å². The Morgan fingerprint density at radius 3 is 2.81 bits per heavy atom. The zero-order valence-corrected chi connectivity index (χ0v) is 17.1. The highest BCUT2D eigenvalue weighted by molar-refractivity contribution is 5.79. The van der Waals surface area contributed by atoms with Crippen molar-refractivity contribution >= 4 is 16.9 Å². The molecule has 31 heavy (non-hydrogen) atoms. The minimum atomic E-state index is -0.377. The van der Waals surface area contributed by atoms with E-state index in [1.54, 1.807) is 36.7 Å². The van der Waals surface area contributed by atoms with E-state index in [1.165, 1.54) is 23.2 Å². The smallest absolute Gasteiger partial charge is 0.264 e. The van der Waals surface area contributed by atoms with Crippen molar-refractivity contribution in [2.75, 3.05) is 6.54 Å². The van der Waals surface area contributed by atoms with Crippen molar-refractivity contribution in [3.05, 3.63) is 75.5 Å². The van der Waals surface area contributed by atoms with E-state index in [-0.39, 0.29) is 30.2 Å². The van der Waals surface area contributed by atoms with Crippen molar-refractivity contribution in [2.45, 2.75) is 33.4 Å². The van der Waals surface area contributed by atoms with E-state index < -0.39 is 0 Å². The molecule has 3 aromatic heterocycles. The van der Waals surface area contributed by atoms with Gasteiger partial charge in [-0.05, 0) is 19.9 Å². The summed E-state index contributed by atoms with van der Waals surface area (Å²) in [5.41, 5.74) is 1.98. The first kappa shape index (κ1) is 20.5. The number of rotatable bonds is 7. The first-order valence-corrected chi connectivity index (χ1v) is 9.77. The van der Waals surface area contributed by atoms with E-state index in [0.717, 1.165) is 5.56 Å². The van der Waals surface area contributed by atoms with Gasteiger partial charge in [-0.15, -0.1) is 0 Å². The molecule has 0 aliphatic carbocycles. The molecule has 4 aromatic rings. The van der Waals surface area contributed by atoms with Gasteiger partial charge in [-0.2, -0.15) is 5.10 Å². The topological polar surface area (TPSA) is 108 Å². The fourth-order valence-electron chi connectivity index (χ4n) is 3.36. The van der Waals surface area contributed by atoms with Gasteiger partial charge in [0.1, 0.15) is 23.3 Å². The normalized spacial score (nSPS) is 11.2. The van der Waals surface area contributed by atoms with Crippen molar-refractivity contribution in [3.8, 4) is 0 Å². The number of nitrogens with zero attached hydrogens (tertiary/aromatic N) is 5. The SMILES string of the molecule is Cc1noc(C)c1CC(=O)NCCn1ncc2c(=O)n(Cc3ccccc3F)cnc21. The number of carbonyl (C=O) groups is 1. The zero-order valence-electron chi connectivity index (χ0n) is 17.1. The lowest BCUT2D eigenvalue weighted by atomic mass is 10.1. The maximum atomic E-state index is 13.9. The van der Waals surface area contributed by atoms with Gasteiger partial charge in [0, 0.05) is 17.7 Å². The fraction of sp³-hybridized carbons (Fsp3) is 0.286. The van der Waals surface area contributed by atoms with E-state index >= 15 is 0 Å². The largest absolute Gasteiger partial charge is 0.361 e. The number of fused-ring (bicyclic) bond motifs is 1. The highest BCUT2D eigenvalue weighted by Crippen LogP contribution is 2.13. The molecule has 3 heterocycles. The third-order valence-corrected chi connectivity index (χ3v) is 5.09. The van der Waals surface area contributed by atoms with Crippen LogP contribution in [0.1, 0.15) is 22.6 Å². The molecule has 0 saturated heterocycles. The first-order chi connectivity index (χ1) is 14.9. The van der Waals surface area contributed by atoms with Crippen LogP contribution in [-0.4, -0.2) is 36.9 Å². The lowest BCUT2D eigenvalue weighted by molar-refractivity contribution is -0.120. The molecule has 0 aliphatic rings. The van der Waals surface area contributed by atoms with Crippen molar-refractivity contribution in [1.82, 2.24) is 29.8 Å². The molecular weight excluding hydrogens is 403 g/mol. The van der Waals surface area contributed by atoms with Gasteiger partial charge in [0.2, 0.25) is 5.91 Å². The minimum absolute atomic E-state index is 0.0807. The monoisotopic (exact) mass is 424 g/mol. The van der Waals surface area contributed by atoms with Crippen LogP contribution in [0, 0.1) is 19.7 Å². The third-order valence-electron chi connectivity index (χ3n) is 5.09. The summed E-state index contributed by atoms with van der Waals surface area (Å²) in [4.78, 5) is 29.3. The predicted molar refractivity (Wildman–Crippen MR) is 110 cm³/mol. The highest BCUT2D eigenvalue weighted by atomic mass is 19.1. The molecular formula is C21H21FN6O3. The molecule has 1 aromatic carbocycles. The van der Waals surface area contributed by atoms with Gasteiger partial charge < -0.3 is 9.84 Å². The Morgan fingerprint density at radius 2 is 2.06 bits per heavy atom. The lowest BCUT2D eigenvalue weighted by Crippen LogP contribution is -2.29. The van der Waals surface area contributed by atoms with Crippen molar-refractivity contribution in [2.24, 2.45) is 0 Å². The molecule has 10 heteroatoms. The molecule has 0 radical (unpaired) electrons. The summed E-state index contributed by atoms with van der Waals surface area (Å²) in [5, 5.41) is 11.2. The van der Waals surface area contributed by atoms with E-state index in [2.05, 4.69) is 20.6 Å². The molecule has 0 atom stereocenters. The molecule has 0 unspecified atom stereocenters. The summed E-state index contributed by atoms with van der Waals surface area (Å²) in [5.74, 6) is 0.0881. The molecule has 1 amide bonds. The fourth-order valence-corrected chi connectivity index (χ4v) is 3.36. The summed E-state index contributed by atoms with van der Waals surface area (Å²) >= 11 is 0. The molecule has 4 rings (SSSR count). The number of halogens is 1. The van der Waals surface area contributed by atoms with Crippen LogP contribution in [0.15, 0.2) is 46.1 Å². The second-order valence-corrected chi connectivity index (χ2v) is 7.20. The van der Waals surface area contributed by atoms with Gasteiger partial charge in [-0.25, -0.2) is 14.1 Å². The molecule has 0 bridgehead atoms. The number of amides is 1. The van der Waals surface area contributed by atoms with Gasteiger partial charge >= 0.3 is 0 Å². The van der Waals surface area contributed by atoms with Gasteiger partial charge in [-0.1, -0.05) is 23.4 Å². The summed E-state index contributed by atoms with van der Waals surface area (Å²) in [6.45, 7) is 4.31. The van der Waals surface area contributed by atoms with Crippen LogP contribution in [-0.2, 0) is 24.3 Å². The second-order valence-electron chi connectivity index (χ2n) is 7.20. The number of nitrogens with one attached hydrogen (secondary N) is 1. The summed E-state index contributed by atoms with van der Waals surface area (Å²) < 4.78 is 21.9. The van der Waals surface area contributed by atoms with Crippen LogP contribution < -0.4 is 10.9 Å². The van der Waals surface area contributed by atoms with Crippen LogP contribution in [0.4, 0.5) is 4.39 Å². The highest BCUT2D eigenvalue weighted by Gasteiger charge is 2.14. The maximum Gasteiger partial charge on any atom is 0.264 e. The third kappa shape index (κ3) is 4.23. The van der Waals surface area contributed by atoms with Crippen molar-refractivity contribution in [1.29, 1.82) is 0 Å². The predicted octanol–water partition coefficient (Wildman–Crippen LogP) is 1.74. The Labute approximate surface area is 176 Å². The number of hydrogen-bond acceptors (Lipinski definition) is 6. The minimum Gasteiger partial charge on any atom is -0.361 e. The molecule has 160 valence electrons. The zero-order chi connectivity index (χ0) is 22.0. The van der Waals surface area contributed by atoms with Crippen molar-refractivity contribution < 1.29 is 13.7 Å². The number of aromatic nitrogens is 5. The number of benzene rings is 1. The van der Waals surface area contributed by atoms with Gasteiger partial charge in [0.25, 0.3) is 5.56 Å². The van der Waals surface area contributed by atoms with Crippen LogP contribution in [0.3, 0.4) is 0 Å². The van der Waals surface area contributed by atoms with Crippen LogP contribution >= 0.6 is 0 Å². The molecule has 0 saturated carbocycles. The Bertz CT molecular complexity index is 1290. The summed E-state index contributed by atoms with van der Waals surface area (Å²) in [7, 11) is 0. The molecule has 9 nitrogen and oxygen atoms in total. The maximum absolute atomic E-state index is 13.9. The average molecular weight is 424 g/mol. The average Bonchev–Trinajstić information content (AvgIpc) is 3.30. The van der Waals surface area contributed by atoms with Crippen LogP contribution in [0.25, 0.3) is 11.0 Å². The molecule has 1 N–H and O–H groups in total. The van der Waals surface area contributed by atoms with E-state index in [4.69, 9.17) is 4.52 Å². The Balaban J connectivity index is 1.42. The van der Waals surface area contributed by atoms with Gasteiger partial charge in [-0.3, -0.25) is 14.2 Å². The molecule has 0 aliphatic heterocycles. The molecule has 0 fully saturated rings. The quantitative estimate of drug-likeness (QED) is 0.484. The van der Waals surface area contributed by atoms with Crippen LogP contribution in [0.5, 0.6) is 0 Å². The van der Waals surface area contributed by atoms with Crippen molar-refractivity contribution in [3.63, 3.8) is 0 Å². The number of hydrogen-bond donors (Lipinski definition) is 1. The lowest BCUT2D eigenvalue weighted by Gasteiger charge is -2.08. The first-order valence-electron chi connectivity index (χ1n) is 9.77. The Morgan fingerprint density at radius 1 is 1.26 bits per heavy atom. The van der Waals surface area contributed by atoms with Gasteiger partial charge in [0.05, 0.1) is 31.4 Å². The van der Waals surface area contributed by atoms with E-state index in [1.807, 2.05) is 0 Å². The molecule has 0 spiro atoms. The second kappa shape index (κ2) is 8.50.